The molecule has 1 unspecified atom stereocenters. The van der Waals surface area contributed by atoms with Crippen molar-refractivity contribution in [3.05, 3.63) is 35.1 Å². The fourth-order valence-corrected chi connectivity index (χ4v) is 1.91. The summed E-state index contributed by atoms with van der Waals surface area (Å²) < 4.78 is 13.8. The maximum atomic E-state index is 13.8. The molecule has 2 nitrogen and oxygen atoms in total. The Labute approximate surface area is 104 Å². The molecule has 0 radical (unpaired) electrons. The minimum absolute atomic E-state index is 0.150. The quantitative estimate of drug-likeness (QED) is 0.825. The second kappa shape index (κ2) is 6.72. The molecule has 0 aliphatic carbocycles. The highest BCUT2D eigenvalue weighted by Crippen LogP contribution is 2.14. The molecule has 17 heavy (non-hydrogen) atoms. The van der Waals surface area contributed by atoms with Gasteiger partial charge in [0.1, 0.15) is 5.82 Å². The van der Waals surface area contributed by atoms with Crippen LogP contribution in [0.15, 0.2) is 18.2 Å². The van der Waals surface area contributed by atoms with Gasteiger partial charge in [-0.2, -0.15) is 0 Å². The second-order valence-electron chi connectivity index (χ2n) is 4.68. The number of rotatable bonds is 6. The SMILES string of the molecule is CCCC(C)N(C)Cc1ccc(CN)cc1F. The van der Waals surface area contributed by atoms with Crippen LogP contribution in [0.4, 0.5) is 4.39 Å². The van der Waals surface area contributed by atoms with Gasteiger partial charge < -0.3 is 5.73 Å². The molecule has 1 rings (SSSR count). The number of nitrogens with two attached hydrogens (primary N) is 1. The summed E-state index contributed by atoms with van der Waals surface area (Å²) in [5, 5.41) is 0. The summed E-state index contributed by atoms with van der Waals surface area (Å²) in [7, 11) is 2.04. The zero-order chi connectivity index (χ0) is 12.8. The molecule has 3 heteroatoms. The van der Waals surface area contributed by atoms with Crippen LogP contribution in [0.5, 0.6) is 0 Å². The van der Waals surface area contributed by atoms with Crippen LogP contribution >= 0.6 is 0 Å². The molecule has 96 valence electrons. The fourth-order valence-electron chi connectivity index (χ4n) is 1.91. The average molecular weight is 238 g/mol. The highest BCUT2D eigenvalue weighted by atomic mass is 19.1. The van der Waals surface area contributed by atoms with E-state index >= 15 is 0 Å². The van der Waals surface area contributed by atoms with Gasteiger partial charge in [-0.05, 0) is 32.0 Å². The van der Waals surface area contributed by atoms with Crippen molar-refractivity contribution >= 4 is 0 Å². The number of halogens is 1. The van der Waals surface area contributed by atoms with Crippen LogP contribution in [0.25, 0.3) is 0 Å². The van der Waals surface area contributed by atoms with Crippen LogP contribution < -0.4 is 5.73 Å². The zero-order valence-corrected chi connectivity index (χ0v) is 11.0. The van der Waals surface area contributed by atoms with Crippen molar-refractivity contribution in [2.75, 3.05) is 7.05 Å². The molecule has 0 fully saturated rings. The molecular weight excluding hydrogens is 215 g/mol. The molecule has 0 spiro atoms. The Balaban J connectivity index is 2.68. The van der Waals surface area contributed by atoms with Crippen LogP contribution in [0.3, 0.4) is 0 Å². The molecule has 0 bridgehead atoms. The molecule has 1 aromatic rings. The van der Waals surface area contributed by atoms with Crippen molar-refractivity contribution in [3.63, 3.8) is 0 Å². The normalized spacial score (nSPS) is 13.1. The largest absolute Gasteiger partial charge is 0.326 e. The lowest BCUT2D eigenvalue weighted by Gasteiger charge is -2.24. The molecule has 1 aromatic carbocycles. The molecule has 0 aromatic heterocycles. The van der Waals surface area contributed by atoms with Gasteiger partial charge >= 0.3 is 0 Å². The predicted octanol–water partition coefficient (Wildman–Crippen LogP) is 2.90. The highest BCUT2D eigenvalue weighted by Gasteiger charge is 2.11. The Hall–Kier alpha value is -0.930. The third-order valence-corrected chi connectivity index (χ3v) is 3.23. The molecule has 2 N–H and O–H groups in total. The van der Waals surface area contributed by atoms with Crippen LogP contribution in [0, 0.1) is 5.82 Å². The minimum Gasteiger partial charge on any atom is -0.326 e. The fraction of sp³-hybridized carbons (Fsp3) is 0.571. The standard InChI is InChI=1S/C14H23FN2/c1-4-5-11(2)17(3)10-13-7-6-12(9-16)8-14(13)15/h6-8,11H,4-5,9-10,16H2,1-3H3. The van der Waals surface area contributed by atoms with Crippen LogP contribution in [0.2, 0.25) is 0 Å². The van der Waals surface area contributed by atoms with E-state index in [9.17, 15) is 4.39 Å². The summed E-state index contributed by atoms with van der Waals surface area (Å²) in [6, 6.07) is 5.76. The number of benzene rings is 1. The molecular formula is C14H23FN2. The Bertz CT molecular complexity index is 352. The number of nitrogens with zero attached hydrogens (tertiary/aromatic N) is 1. The maximum absolute atomic E-state index is 13.8. The van der Waals surface area contributed by atoms with E-state index in [1.54, 1.807) is 0 Å². The van der Waals surface area contributed by atoms with Gasteiger partial charge in [-0.3, -0.25) is 4.90 Å². The van der Waals surface area contributed by atoms with Crippen LogP contribution in [-0.2, 0) is 13.1 Å². The molecule has 0 aliphatic heterocycles. The van der Waals surface area contributed by atoms with E-state index in [1.807, 2.05) is 19.2 Å². The van der Waals surface area contributed by atoms with Gasteiger partial charge in [0.2, 0.25) is 0 Å². The first kappa shape index (κ1) is 14.1. The van der Waals surface area contributed by atoms with Crippen molar-refractivity contribution in [2.24, 2.45) is 5.73 Å². The average Bonchev–Trinajstić information content (AvgIpc) is 2.31. The van der Waals surface area contributed by atoms with Crippen molar-refractivity contribution in [3.8, 4) is 0 Å². The minimum atomic E-state index is -0.150. The molecule has 0 heterocycles. The van der Waals surface area contributed by atoms with E-state index in [1.165, 1.54) is 6.07 Å². The van der Waals surface area contributed by atoms with E-state index < -0.39 is 0 Å². The second-order valence-corrected chi connectivity index (χ2v) is 4.68. The van der Waals surface area contributed by atoms with Gasteiger partial charge in [-0.15, -0.1) is 0 Å². The first-order valence-corrected chi connectivity index (χ1v) is 6.26. The smallest absolute Gasteiger partial charge is 0.128 e. The van der Waals surface area contributed by atoms with E-state index in [0.29, 0.717) is 19.1 Å². The molecule has 0 saturated heterocycles. The lowest BCUT2D eigenvalue weighted by molar-refractivity contribution is 0.234. The van der Waals surface area contributed by atoms with Gasteiger partial charge in [0.05, 0.1) is 0 Å². The van der Waals surface area contributed by atoms with E-state index in [0.717, 1.165) is 24.0 Å². The first-order valence-electron chi connectivity index (χ1n) is 6.26. The molecule has 0 aliphatic rings. The molecule has 0 saturated carbocycles. The Morgan fingerprint density at radius 1 is 1.41 bits per heavy atom. The van der Waals surface area contributed by atoms with Crippen molar-refractivity contribution in [1.29, 1.82) is 0 Å². The van der Waals surface area contributed by atoms with Gasteiger partial charge in [0, 0.05) is 24.7 Å². The lowest BCUT2D eigenvalue weighted by atomic mass is 10.1. The van der Waals surface area contributed by atoms with Crippen LogP contribution in [0.1, 0.15) is 37.8 Å². The zero-order valence-electron chi connectivity index (χ0n) is 11.0. The predicted molar refractivity (Wildman–Crippen MR) is 70.1 cm³/mol. The van der Waals surface area contributed by atoms with Gasteiger partial charge in [-0.1, -0.05) is 25.5 Å². The van der Waals surface area contributed by atoms with E-state index in [2.05, 4.69) is 18.7 Å². The lowest BCUT2D eigenvalue weighted by Crippen LogP contribution is -2.28. The third kappa shape index (κ3) is 4.10. The maximum Gasteiger partial charge on any atom is 0.128 e. The highest BCUT2D eigenvalue weighted by molar-refractivity contribution is 5.24. The van der Waals surface area contributed by atoms with Gasteiger partial charge in [0.15, 0.2) is 0 Å². The molecule has 1 atom stereocenters. The summed E-state index contributed by atoms with van der Waals surface area (Å²) in [5.74, 6) is -0.150. The molecule has 0 amide bonds. The number of hydrogen-bond acceptors (Lipinski definition) is 2. The van der Waals surface area contributed by atoms with Crippen molar-refractivity contribution in [2.45, 2.75) is 45.8 Å². The third-order valence-electron chi connectivity index (χ3n) is 3.23. The summed E-state index contributed by atoms with van der Waals surface area (Å²) in [4.78, 5) is 2.18. The van der Waals surface area contributed by atoms with Crippen molar-refractivity contribution < 1.29 is 4.39 Å². The summed E-state index contributed by atoms with van der Waals surface area (Å²) in [6.45, 7) is 5.38. The summed E-state index contributed by atoms with van der Waals surface area (Å²) in [6.07, 6.45) is 2.29. The Morgan fingerprint density at radius 3 is 2.65 bits per heavy atom. The monoisotopic (exact) mass is 238 g/mol. The Kier molecular flexibility index (Phi) is 5.59. The first-order chi connectivity index (χ1) is 8.08. The van der Waals surface area contributed by atoms with Crippen molar-refractivity contribution in [1.82, 2.24) is 4.90 Å². The van der Waals surface area contributed by atoms with Gasteiger partial charge in [-0.25, -0.2) is 4.39 Å². The van der Waals surface area contributed by atoms with Crippen LogP contribution in [-0.4, -0.2) is 18.0 Å². The summed E-state index contributed by atoms with van der Waals surface area (Å²) >= 11 is 0. The summed E-state index contributed by atoms with van der Waals surface area (Å²) in [5.41, 5.74) is 7.07. The van der Waals surface area contributed by atoms with E-state index in [4.69, 9.17) is 5.73 Å². The Morgan fingerprint density at radius 2 is 2.12 bits per heavy atom. The number of hydrogen-bond donors (Lipinski definition) is 1. The topological polar surface area (TPSA) is 29.3 Å². The van der Waals surface area contributed by atoms with E-state index in [-0.39, 0.29) is 5.82 Å². The van der Waals surface area contributed by atoms with Gasteiger partial charge in [0.25, 0.3) is 0 Å².